The summed E-state index contributed by atoms with van der Waals surface area (Å²) in [5.41, 5.74) is 4.13. The first-order valence-electron chi connectivity index (χ1n) is 9.58. The summed E-state index contributed by atoms with van der Waals surface area (Å²) in [6.45, 7) is 3.22. The zero-order valence-corrected chi connectivity index (χ0v) is 16.8. The van der Waals surface area contributed by atoms with Crippen LogP contribution in [0.3, 0.4) is 0 Å². The van der Waals surface area contributed by atoms with Crippen LogP contribution >= 0.6 is 22.7 Å². The Bertz CT molecular complexity index is 947. The van der Waals surface area contributed by atoms with Crippen LogP contribution in [0.5, 0.6) is 0 Å². The van der Waals surface area contributed by atoms with Crippen molar-refractivity contribution in [1.29, 1.82) is 0 Å². The molecule has 0 fully saturated rings. The van der Waals surface area contributed by atoms with Crippen molar-refractivity contribution in [3.8, 4) is 0 Å². The zero-order chi connectivity index (χ0) is 18.2. The third-order valence-electron chi connectivity index (χ3n) is 5.86. The molecule has 0 radical (unpaired) electrons. The number of nitrogens with zero attached hydrogens (tertiary/aromatic N) is 1. The molecule has 0 aliphatic carbocycles. The quantitative estimate of drug-likeness (QED) is 0.725. The van der Waals surface area contributed by atoms with Crippen molar-refractivity contribution in [3.05, 3.63) is 79.7 Å². The van der Waals surface area contributed by atoms with E-state index in [4.69, 9.17) is 0 Å². The Balaban J connectivity index is 1.36. The van der Waals surface area contributed by atoms with Gasteiger partial charge in [-0.3, -0.25) is 4.79 Å². The van der Waals surface area contributed by atoms with Gasteiger partial charge < -0.3 is 9.80 Å². The van der Waals surface area contributed by atoms with Gasteiger partial charge >= 0.3 is 0 Å². The molecule has 0 spiro atoms. The van der Waals surface area contributed by atoms with Crippen LogP contribution in [0.2, 0.25) is 0 Å². The average molecular weight is 396 g/mol. The Kier molecular flexibility index (Phi) is 4.60. The first-order valence-corrected chi connectivity index (χ1v) is 11.3. The maximum absolute atomic E-state index is 13.2. The van der Waals surface area contributed by atoms with Gasteiger partial charge in [0.25, 0.3) is 5.91 Å². The van der Waals surface area contributed by atoms with Gasteiger partial charge in [0.1, 0.15) is 6.04 Å². The molecule has 1 unspecified atom stereocenters. The van der Waals surface area contributed by atoms with Crippen LogP contribution in [-0.2, 0) is 24.2 Å². The van der Waals surface area contributed by atoms with Gasteiger partial charge in [-0.05, 0) is 40.4 Å². The van der Waals surface area contributed by atoms with Gasteiger partial charge in [0.05, 0.1) is 11.4 Å². The fourth-order valence-electron chi connectivity index (χ4n) is 4.46. The summed E-state index contributed by atoms with van der Waals surface area (Å²) in [5, 5.41) is 4.36. The number of amides is 1. The summed E-state index contributed by atoms with van der Waals surface area (Å²) in [6, 6.07) is 15.5. The van der Waals surface area contributed by atoms with Gasteiger partial charge in [-0.15, -0.1) is 22.7 Å². The van der Waals surface area contributed by atoms with Crippen LogP contribution in [0.4, 0.5) is 0 Å². The molecule has 3 nitrogen and oxygen atoms in total. The Labute approximate surface area is 167 Å². The summed E-state index contributed by atoms with van der Waals surface area (Å²) < 4.78 is 0. The number of quaternary nitrogens is 1. The van der Waals surface area contributed by atoms with E-state index in [2.05, 4.69) is 58.1 Å². The molecular weight excluding hydrogens is 372 g/mol. The minimum Gasteiger partial charge on any atom is -0.333 e. The van der Waals surface area contributed by atoms with E-state index in [-0.39, 0.29) is 0 Å². The molecular formula is C22H23N2OS2+. The lowest BCUT2D eigenvalue weighted by Gasteiger charge is -2.34. The Morgan fingerprint density at radius 2 is 1.93 bits per heavy atom. The lowest BCUT2D eigenvalue weighted by atomic mass is 9.98. The molecule has 2 atom stereocenters. The third kappa shape index (κ3) is 3.24. The molecule has 138 valence electrons. The molecule has 0 saturated carbocycles. The van der Waals surface area contributed by atoms with Gasteiger partial charge in [0.15, 0.2) is 6.54 Å². The Morgan fingerprint density at radius 1 is 1.04 bits per heavy atom. The molecule has 5 rings (SSSR count). The molecule has 3 aromatic rings. The summed E-state index contributed by atoms with van der Waals surface area (Å²) in [6.07, 6.45) is 2.06. The molecule has 1 aromatic carbocycles. The fourth-order valence-corrected chi connectivity index (χ4v) is 6.29. The maximum atomic E-state index is 13.2. The predicted octanol–water partition coefficient (Wildman–Crippen LogP) is 2.92. The van der Waals surface area contributed by atoms with Crippen molar-refractivity contribution in [2.24, 2.45) is 0 Å². The summed E-state index contributed by atoms with van der Waals surface area (Å²) in [5.74, 6) is 0.291. The first-order chi connectivity index (χ1) is 13.3. The van der Waals surface area contributed by atoms with E-state index in [1.165, 1.54) is 31.3 Å². The number of carbonyl (C=O) groups is 1. The van der Waals surface area contributed by atoms with Gasteiger partial charge in [-0.1, -0.05) is 30.3 Å². The number of hydrogen-bond acceptors (Lipinski definition) is 3. The van der Waals surface area contributed by atoms with E-state index in [0.717, 1.165) is 32.5 Å². The molecule has 2 aromatic heterocycles. The highest BCUT2D eigenvalue weighted by Crippen LogP contribution is 2.31. The molecule has 27 heavy (non-hydrogen) atoms. The minimum atomic E-state index is 0.291. The molecule has 5 heteroatoms. The number of carbonyl (C=O) groups excluding carboxylic acids is 1. The highest BCUT2D eigenvalue weighted by atomic mass is 32.1. The molecule has 1 N–H and O–H groups in total. The lowest BCUT2D eigenvalue weighted by Crippen LogP contribution is -3.14. The summed E-state index contributed by atoms with van der Waals surface area (Å²) >= 11 is 3.68. The van der Waals surface area contributed by atoms with E-state index >= 15 is 0 Å². The molecule has 2 aliphatic heterocycles. The van der Waals surface area contributed by atoms with Gasteiger partial charge in [0, 0.05) is 30.0 Å². The van der Waals surface area contributed by atoms with Crippen molar-refractivity contribution in [3.63, 3.8) is 0 Å². The van der Waals surface area contributed by atoms with Gasteiger partial charge in [-0.2, -0.15) is 0 Å². The van der Waals surface area contributed by atoms with Gasteiger partial charge in [0.2, 0.25) is 0 Å². The van der Waals surface area contributed by atoms with Crippen LogP contribution in [0.25, 0.3) is 0 Å². The molecule has 0 saturated heterocycles. The van der Waals surface area contributed by atoms with Crippen molar-refractivity contribution in [2.45, 2.75) is 25.4 Å². The number of benzene rings is 1. The number of hydrogen-bond donors (Lipinski definition) is 1. The minimum absolute atomic E-state index is 0.291. The van der Waals surface area contributed by atoms with Crippen LogP contribution in [-0.4, -0.2) is 30.4 Å². The third-order valence-corrected chi connectivity index (χ3v) is 7.80. The second kappa shape index (κ2) is 7.23. The topological polar surface area (TPSA) is 24.8 Å². The highest BCUT2D eigenvalue weighted by Gasteiger charge is 2.36. The number of thiophene rings is 2. The Hall–Kier alpha value is -1.95. The molecule has 1 amide bonds. The van der Waals surface area contributed by atoms with Crippen LogP contribution < -0.4 is 4.90 Å². The monoisotopic (exact) mass is 395 g/mol. The van der Waals surface area contributed by atoms with E-state index in [0.29, 0.717) is 18.5 Å². The SMILES string of the molecule is O=C(C[NH+]1CCc2sccc2[C@@H]1c1cccs1)N1CCc2ccccc2C1. The smallest absolute Gasteiger partial charge is 0.278 e. The fraction of sp³-hybridized carbons (Fsp3) is 0.318. The zero-order valence-electron chi connectivity index (χ0n) is 15.2. The van der Waals surface area contributed by atoms with Crippen LogP contribution in [0.1, 0.15) is 32.5 Å². The normalized spacial score (nSPS) is 21.6. The van der Waals surface area contributed by atoms with Crippen molar-refractivity contribution >= 4 is 28.6 Å². The predicted molar refractivity (Wildman–Crippen MR) is 110 cm³/mol. The van der Waals surface area contributed by atoms with E-state index in [9.17, 15) is 4.79 Å². The first kappa shape index (κ1) is 17.2. The molecule has 2 aliphatic rings. The standard InChI is InChI=1S/C22H22N2OS2/c25-21(23-10-7-16-4-1-2-5-17(16)14-23)15-24-11-8-19-18(9-13-27-19)22(24)20-6-3-12-26-20/h1-6,9,12-13,22H,7-8,10-11,14-15H2/p+1/t22-/m1/s1. The second-order valence-electron chi connectivity index (χ2n) is 7.42. The largest absolute Gasteiger partial charge is 0.333 e. The highest BCUT2D eigenvalue weighted by molar-refractivity contribution is 7.10. The van der Waals surface area contributed by atoms with Crippen LogP contribution in [0.15, 0.2) is 53.2 Å². The molecule has 0 bridgehead atoms. The maximum Gasteiger partial charge on any atom is 0.278 e. The van der Waals surface area contributed by atoms with Crippen LogP contribution in [0, 0.1) is 0 Å². The average Bonchev–Trinajstić information content (AvgIpc) is 3.39. The second-order valence-corrected chi connectivity index (χ2v) is 9.40. The van der Waals surface area contributed by atoms with Crippen molar-refractivity contribution < 1.29 is 9.69 Å². The van der Waals surface area contributed by atoms with Crippen molar-refractivity contribution in [1.82, 2.24) is 4.90 Å². The molecule has 4 heterocycles. The number of nitrogens with one attached hydrogen (secondary N) is 1. The number of fused-ring (bicyclic) bond motifs is 2. The summed E-state index contributed by atoms with van der Waals surface area (Å²) in [7, 11) is 0. The van der Waals surface area contributed by atoms with E-state index in [1.54, 1.807) is 0 Å². The summed E-state index contributed by atoms with van der Waals surface area (Å²) in [4.78, 5) is 19.5. The van der Waals surface area contributed by atoms with E-state index < -0.39 is 0 Å². The number of rotatable bonds is 3. The Morgan fingerprint density at radius 3 is 2.78 bits per heavy atom. The lowest BCUT2D eigenvalue weighted by molar-refractivity contribution is -0.919. The van der Waals surface area contributed by atoms with E-state index in [1.807, 2.05) is 22.7 Å². The van der Waals surface area contributed by atoms with Crippen molar-refractivity contribution in [2.75, 3.05) is 19.6 Å². The van der Waals surface area contributed by atoms with Gasteiger partial charge in [-0.25, -0.2) is 0 Å².